The van der Waals surface area contributed by atoms with Gasteiger partial charge in [0, 0.05) is 42.5 Å². The van der Waals surface area contributed by atoms with Gasteiger partial charge in [0.1, 0.15) is 80.5 Å². The van der Waals surface area contributed by atoms with Crippen LogP contribution in [-0.2, 0) is 0 Å². The molecule has 0 saturated heterocycles. The van der Waals surface area contributed by atoms with Crippen molar-refractivity contribution < 1.29 is 95.1 Å². The summed E-state index contributed by atoms with van der Waals surface area (Å²) in [6.45, 7) is 14.5. The largest absolute Gasteiger partial charge is 0.497 e. The fourth-order valence-corrected chi connectivity index (χ4v) is 15.0. The van der Waals surface area contributed by atoms with E-state index in [9.17, 15) is 9.59 Å². The standard InChI is InChI=1S/C104H148N6O20/c1-15-21-27-33-39-45-55-125-89-68-91(127-57-47-41-35-29-23-17-3)77(63-75(89)99(111)105-81-61-73(117-7)51-53-87(81)119-9)101(113)107-83-66-85(97(123-13)71-95(83)121-11)109-103(115)79-65-80(94(130-60-50-44-38-32-26-20-6)70-93(79)129-59-49-43-37-31-25-19-5)104(116)110-86-67-84(96(122-12)72-98(86)124-14)108-102(114)78-64-76(100(112)106-82-62-74(118-8)52-54-88(82)120-10)90(126-56-46-40-34-28-22-16-2)69-92(78)128-58-48-42-36-30-24-18-4/h51-54,61-72H,15-50,55-60H2,1-14H3,(H,105,111)(H,106,112)(H,107,113)(H,108,114)(H,109,115)(H,110,116). The zero-order valence-electron chi connectivity index (χ0n) is 80.1. The van der Waals surface area contributed by atoms with Crippen LogP contribution in [0, 0.1) is 0 Å². The van der Waals surface area contributed by atoms with E-state index in [1.165, 1.54) is 99.3 Å². The molecule has 0 aliphatic rings. The van der Waals surface area contributed by atoms with Gasteiger partial charge < -0.3 is 98.2 Å². The van der Waals surface area contributed by atoms with Gasteiger partial charge in [-0.2, -0.15) is 0 Å². The first kappa shape index (κ1) is 106. The highest BCUT2D eigenvalue weighted by Crippen LogP contribution is 2.44. The summed E-state index contributed by atoms with van der Waals surface area (Å²) in [5.41, 5.74) is 0.834. The second-order valence-electron chi connectivity index (χ2n) is 32.6. The van der Waals surface area contributed by atoms with E-state index in [2.05, 4.69) is 73.4 Å². The summed E-state index contributed by atoms with van der Waals surface area (Å²) in [7, 11) is 11.7. The van der Waals surface area contributed by atoms with Gasteiger partial charge in [0.25, 0.3) is 35.4 Å². The van der Waals surface area contributed by atoms with Crippen molar-refractivity contribution in [3.63, 3.8) is 0 Å². The molecule has 6 N–H and O–H groups in total. The van der Waals surface area contributed by atoms with E-state index >= 15 is 19.2 Å². The molecule has 0 spiro atoms. The van der Waals surface area contributed by atoms with Gasteiger partial charge in [-0.3, -0.25) is 28.8 Å². The monoisotopic (exact) mass is 1800 g/mol. The summed E-state index contributed by atoms with van der Waals surface area (Å²) < 4.78 is 85.6. The number of hydrogen-bond donors (Lipinski definition) is 6. The van der Waals surface area contributed by atoms with Crippen molar-refractivity contribution in [2.75, 3.05) is 128 Å². The molecule has 7 aromatic rings. The minimum Gasteiger partial charge on any atom is -0.497 e. The molecule has 130 heavy (non-hydrogen) atoms. The average molecular weight is 1800 g/mol. The average Bonchev–Trinajstić information content (AvgIpc) is 0.806. The maximum absolute atomic E-state index is 15.7. The summed E-state index contributed by atoms with van der Waals surface area (Å²) in [5, 5.41) is 18.0. The highest BCUT2D eigenvalue weighted by atomic mass is 16.5. The Morgan fingerprint density at radius 3 is 0.531 bits per heavy atom. The maximum Gasteiger partial charge on any atom is 0.259 e. The number of methoxy groups -OCH3 is 8. The fourth-order valence-electron chi connectivity index (χ4n) is 15.0. The summed E-state index contributed by atoms with van der Waals surface area (Å²) >= 11 is 0. The van der Waals surface area contributed by atoms with Gasteiger partial charge in [0.2, 0.25) is 0 Å². The number of anilines is 6. The first-order chi connectivity index (χ1) is 63.4. The zero-order valence-corrected chi connectivity index (χ0v) is 80.1. The summed E-state index contributed by atoms with van der Waals surface area (Å²) in [6, 6.07) is 25.1. The molecule has 7 aromatic carbocycles. The van der Waals surface area contributed by atoms with Crippen molar-refractivity contribution >= 4 is 69.6 Å². The van der Waals surface area contributed by atoms with Gasteiger partial charge in [0.05, 0.1) is 164 Å². The van der Waals surface area contributed by atoms with Crippen LogP contribution in [0.1, 0.15) is 335 Å². The summed E-state index contributed by atoms with van der Waals surface area (Å²) in [4.78, 5) is 92.2. The van der Waals surface area contributed by atoms with Crippen LogP contribution in [-0.4, -0.2) is 132 Å². The van der Waals surface area contributed by atoms with Crippen LogP contribution in [0.5, 0.6) is 80.5 Å². The van der Waals surface area contributed by atoms with E-state index in [1.807, 2.05) is 0 Å². The third kappa shape index (κ3) is 34.5. The number of ether oxygens (including phenoxy) is 14. The molecule has 0 atom stereocenters. The maximum atomic E-state index is 15.7. The van der Waals surface area contributed by atoms with Gasteiger partial charge in [0.15, 0.2) is 0 Å². The summed E-state index contributed by atoms with van der Waals surface area (Å²) in [5.74, 6) is -0.952. The van der Waals surface area contributed by atoms with Crippen molar-refractivity contribution in [2.24, 2.45) is 0 Å². The lowest BCUT2D eigenvalue weighted by Crippen LogP contribution is -2.20. The summed E-state index contributed by atoms with van der Waals surface area (Å²) in [6.07, 6.45) is 35.2. The van der Waals surface area contributed by atoms with Crippen molar-refractivity contribution in [2.45, 2.75) is 273 Å². The van der Waals surface area contributed by atoms with Crippen LogP contribution in [0.15, 0.2) is 97.1 Å². The molecule has 0 unspecified atom stereocenters. The van der Waals surface area contributed by atoms with Crippen LogP contribution < -0.4 is 98.2 Å². The molecular formula is C104H148N6O20. The number of benzene rings is 7. The molecule has 0 aromatic heterocycles. The highest BCUT2D eigenvalue weighted by Gasteiger charge is 2.31. The van der Waals surface area contributed by atoms with Crippen LogP contribution in [0.2, 0.25) is 0 Å². The lowest BCUT2D eigenvalue weighted by atomic mass is 10.0. The Balaban J connectivity index is 1.33. The van der Waals surface area contributed by atoms with Gasteiger partial charge in [-0.05, 0) is 93.1 Å². The smallest absolute Gasteiger partial charge is 0.259 e. The number of amides is 6. The van der Waals surface area contributed by atoms with Crippen molar-refractivity contribution in [1.82, 2.24) is 0 Å². The lowest BCUT2D eigenvalue weighted by molar-refractivity contribution is 0.100. The Bertz CT molecular complexity index is 4350. The van der Waals surface area contributed by atoms with Gasteiger partial charge >= 0.3 is 0 Å². The molecule has 0 radical (unpaired) electrons. The van der Waals surface area contributed by atoms with Crippen LogP contribution in [0.25, 0.3) is 0 Å². The van der Waals surface area contributed by atoms with Gasteiger partial charge in [-0.1, -0.05) is 234 Å². The molecule has 0 aliphatic heterocycles. The highest BCUT2D eigenvalue weighted by molar-refractivity contribution is 6.16. The van der Waals surface area contributed by atoms with Crippen molar-refractivity contribution in [3.8, 4) is 80.5 Å². The number of carbonyl (C=O) groups is 6. The Kier molecular flexibility index (Phi) is 49.1. The van der Waals surface area contributed by atoms with E-state index in [0.717, 1.165) is 205 Å². The molecule has 26 heteroatoms. The van der Waals surface area contributed by atoms with Crippen LogP contribution in [0.3, 0.4) is 0 Å². The minimum absolute atomic E-state index is 0.0114. The van der Waals surface area contributed by atoms with E-state index in [-0.39, 0.29) is 153 Å². The molecule has 0 fully saturated rings. The van der Waals surface area contributed by atoms with Crippen LogP contribution in [0.4, 0.5) is 34.1 Å². The number of nitrogens with one attached hydrogen (secondary N) is 6. The molecule has 26 nitrogen and oxygen atoms in total. The van der Waals surface area contributed by atoms with E-state index in [4.69, 9.17) is 66.3 Å². The van der Waals surface area contributed by atoms with Crippen molar-refractivity contribution in [3.05, 3.63) is 130 Å². The van der Waals surface area contributed by atoms with Gasteiger partial charge in [-0.15, -0.1) is 0 Å². The SMILES string of the molecule is CCCCCCCCOc1cc(OCCCCCCCC)c(C(=O)Nc2cc(NC(=O)c3cc(C(=O)Nc4cc(NC(=O)c5cc(C(=O)Nc6cc(OC)ccc6OC)c(OCCCCCCCC)cc5OCCCCCCCC)c(OC)cc4OC)c(OCCCCCCCC)cc3OCCCCCCCC)c(OC)cc2OC)cc1C(=O)Nc1cc(OC)ccc1OC. The molecule has 6 amide bonds. The molecule has 0 heterocycles. The van der Waals surface area contributed by atoms with Crippen LogP contribution >= 0.6 is 0 Å². The number of unbranched alkanes of at least 4 members (excludes halogenated alkanes) is 30. The Morgan fingerprint density at radius 1 is 0.185 bits per heavy atom. The topological polar surface area (TPSA) is 304 Å². The molecule has 0 aliphatic carbocycles. The molecule has 714 valence electrons. The Hall–Kier alpha value is -11.4. The molecule has 7 rings (SSSR count). The number of rotatable bonds is 68. The third-order valence-electron chi connectivity index (χ3n) is 22.6. The number of carbonyl (C=O) groups excluding carboxylic acids is 6. The van der Waals surface area contributed by atoms with E-state index in [1.54, 1.807) is 54.6 Å². The van der Waals surface area contributed by atoms with E-state index < -0.39 is 35.4 Å². The first-order valence-electron chi connectivity index (χ1n) is 47.6. The Labute approximate surface area is 772 Å². The molecule has 0 bridgehead atoms. The molecule has 0 saturated carbocycles. The van der Waals surface area contributed by atoms with Gasteiger partial charge in [-0.25, -0.2) is 0 Å². The normalized spacial score (nSPS) is 10.9. The first-order valence-corrected chi connectivity index (χ1v) is 47.6. The second kappa shape index (κ2) is 60.4. The minimum atomic E-state index is -0.749. The second-order valence-corrected chi connectivity index (χ2v) is 32.6. The lowest BCUT2D eigenvalue weighted by Gasteiger charge is -2.21. The third-order valence-corrected chi connectivity index (χ3v) is 22.6. The van der Waals surface area contributed by atoms with Crippen molar-refractivity contribution in [1.29, 1.82) is 0 Å². The fraction of sp³-hybridized carbons (Fsp3) is 0.538. The zero-order chi connectivity index (χ0) is 93.6. The number of hydrogen-bond acceptors (Lipinski definition) is 20. The predicted octanol–water partition coefficient (Wildman–Crippen LogP) is 25.7. The van der Waals surface area contributed by atoms with E-state index in [0.29, 0.717) is 60.1 Å². The predicted molar refractivity (Wildman–Crippen MR) is 518 cm³/mol. The Morgan fingerprint density at radius 2 is 0.354 bits per heavy atom. The molecular weight excluding hydrogens is 1650 g/mol. The quantitative estimate of drug-likeness (QED) is 0.0193.